The fraction of sp³-hybridized carbons (Fsp3) is 0.273. The fourth-order valence-corrected chi connectivity index (χ4v) is 4.44. The summed E-state index contributed by atoms with van der Waals surface area (Å²) in [6, 6.07) is 15.4. The molecule has 1 saturated heterocycles. The van der Waals surface area contributed by atoms with Crippen LogP contribution >= 0.6 is 47.0 Å². The van der Waals surface area contributed by atoms with Gasteiger partial charge in [0.1, 0.15) is 0 Å². The number of hydrogen-bond acceptors (Lipinski definition) is 3. The lowest BCUT2D eigenvalue weighted by Gasteiger charge is -2.36. The molecule has 2 aromatic carbocycles. The highest BCUT2D eigenvalue weighted by Gasteiger charge is 2.19. The summed E-state index contributed by atoms with van der Waals surface area (Å²) in [4.78, 5) is 4.60. The third-order valence-electron chi connectivity index (χ3n) is 5.24. The van der Waals surface area contributed by atoms with Crippen molar-refractivity contribution in [1.29, 1.82) is 0 Å². The van der Waals surface area contributed by atoms with Crippen molar-refractivity contribution >= 4 is 58.0 Å². The molecular formula is C22H22Cl3N5S. The van der Waals surface area contributed by atoms with Crippen LogP contribution in [0.25, 0.3) is 0 Å². The van der Waals surface area contributed by atoms with Gasteiger partial charge in [-0.25, -0.2) is 0 Å². The summed E-state index contributed by atoms with van der Waals surface area (Å²) in [6.45, 7) is 5.05. The van der Waals surface area contributed by atoms with Crippen molar-refractivity contribution in [1.82, 2.24) is 19.6 Å². The normalized spacial score (nSPS) is 14.6. The highest BCUT2D eigenvalue weighted by atomic mass is 35.5. The van der Waals surface area contributed by atoms with Gasteiger partial charge in [-0.2, -0.15) is 5.10 Å². The summed E-state index contributed by atoms with van der Waals surface area (Å²) < 4.78 is 1.79. The van der Waals surface area contributed by atoms with E-state index in [-0.39, 0.29) is 0 Å². The number of aromatic nitrogens is 2. The lowest BCUT2D eigenvalue weighted by Crippen LogP contribution is -2.49. The van der Waals surface area contributed by atoms with Crippen molar-refractivity contribution in [3.63, 3.8) is 0 Å². The number of hydrogen-bond donors (Lipinski definition) is 1. The van der Waals surface area contributed by atoms with Gasteiger partial charge in [-0.1, -0.05) is 53.0 Å². The SMILES string of the molecule is S=C(Nc1ccn(Cc2c(Cl)cccc2Cl)n1)N1CCN(Cc2ccc(Cl)cc2)CC1. The molecule has 1 aliphatic heterocycles. The molecule has 9 heteroatoms. The Balaban J connectivity index is 1.28. The van der Waals surface area contributed by atoms with Gasteiger partial charge < -0.3 is 10.2 Å². The van der Waals surface area contributed by atoms with Crippen molar-refractivity contribution in [2.45, 2.75) is 13.1 Å². The molecule has 1 aliphatic rings. The van der Waals surface area contributed by atoms with Gasteiger partial charge in [-0.3, -0.25) is 9.58 Å². The minimum atomic E-state index is 0.496. The van der Waals surface area contributed by atoms with E-state index in [4.69, 9.17) is 47.0 Å². The predicted octanol–water partition coefficient (Wildman–Crippen LogP) is 5.41. The van der Waals surface area contributed by atoms with Crippen molar-refractivity contribution in [2.24, 2.45) is 0 Å². The van der Waals surface area contributed by atoms with Crippen LogP contribution in [0.1, 0.15) is 11.1 Å². The van der Waals surface area contributed by atoms with Gasteiger partial charge in [-0.05, 0) is 42.0 Å². The van der Waals surface area contributed by atoms with Crippen LogP contribution in [0.4, 0.5) is 5.82 Å². The molecule has 1 fully saturated rings. The molecule has 0 spiro atoms. The van der Waals surface area contributed by atoms with Crippen LogP contribution in [-0.2, 0) is 13.1 Å². The molecule has 0 amide bonds. The average molecular weight is 495 g/mol. The Morgan fingerprint density at radius 3 is 2.26 bits per heavy atom. The Morgan fingerprint density at radius 2 is 1.58 bits per heavy atom. The van der Waals surface area contributed by atoms with Gasteiger partial charge in [-0.15, -0.1) is 0 Å². The molecule has 1 aromatic heterocycles. The minimum absolute atomic E-state index is 0.496. The number of rotatable bonds is 5. The molecule has 162 valence electrons. The maximum Gasteiger partial charge on any atom is 0.174 e. The first-order valence-corrected chi connectivity index (χ1v) is 11.5. The maximum atomic E-state index is 6.26. The van der Waals surface area contributed by atoms with Crippen LogP contribution in [0.3, 0.4) is 0 Å². The summed E-state index contributed by atoms with van der Waals surface area (Å²) in [5.41, 5.74) is 2.11. The molecule has 0 saturated carbocycles. The topological polar surface area (TPSA) is 36.3 Å². The second-order valence-corrected chi connectivity index (χ2v) is 9.06. The molecule has 2 heterocycles. The van der Waals surface area contributed by atoms with E-state index in [9.17, 15) is 0 Å². The standard InChI is InChI=1S/C22H22Cl3N5S/c23-17-6-4-16(5-7-17)14-28-10-12-29(13-11-28)22(31)26-21-8-9-30(27-21)15-18-19(24)2-1-3-20(18)25/h1-9H,10-15H2,(H,26,27,31). The Labute approximate surface area is 202 Å². The number of anilines is 1. The first-order chi connectivity index (χ1) is 15.0. The third-order valence-corrected chi connectivity index (χ3v) is 6.56. The second kappa shape index (κ2) is 10.2. The Kier molecular flexibility index (Phi) is 7.35. The lowest BCUT2D eigenvalue weighted by molar-refractivity contribution is 0.177. The monoisotopic (exact) mass is 493 g/mol. The highest BCUT2D eigenvalue weighted by Crippen LogP contribution is 2.25. The van der Waals surface area contributed by atoms with Gasteiger partial charge in [0.2, 0.25) is 0 Å². The van der Waals surface area contributed by atoms with E-state index in [2.05, 4.69) is 32.3 Å². The zero-order valence-electron chi connectivity index (χ0n) is 16.8. The van der Waals surface area contributed by atoms with Gasteiger partial charge >= 0.3 is 0 Å². The zero-order chi connectivity index (χ0) is 21.8. The molecule has 3 aromatic rings. The molecule has 0 unspecified atom stereocenters. The molecule has 5 nitrogen and oxygen atoms in total. The molecule has 31 heavy (non-hydrogen) atoms. The quantitative estimate of drug-likeness (QED) is 0.480. The predicted molar refractivity (Wildman–Crippen MR) is 132 cm³/mol. The fourth-order valence-electron chi connectivity index (χ4n) is 3.51. The number of halogens is 3. The van der Waals surface area contributed by atoms with E-state index in [1.54, 1.807) is 4.68 Å². The van der Waals surface area contributed by atoms with Gasteiger partial charge in [0.05, 0.1) is 6.54 Å². The number of thiocarbonyl (C=S) groups is 1. The van der Waals surface area contributed by atoms with Gasteiger partial charge in [0, 0.05) is 65.6 Å². The van der Waals surface area contributed by atoms with E-state index in [0.29, 0.717) is 27.5 Å². The van der Waals surface area contributed by atoms with E-state index in [1.807, 2.05) is 42.6 Å². The van der Waals surface area contributed by atoms with Crippen molar-refractivity contribution in [2.75, 3.05) is 31.5 Å². The zero-order valence-corrected chi connectivity index (χ0v) is 19.9. The average Bonchev–Trinajstić information content (AvgIpc) is 3.20. The van der Waals surface area contributed by atoms with Crippen LogP contribution in [-0.4, -0.2) is 50.9 Å². The molecule has 4 rings (SSSR count). The van der Waals surface area contributed by atoms with E-state index in [0.717, 1.165) is 43.3 Å². The molecule has 0 radical (unpaired) electrons. The minimum Gasteiger partial charge on any atom is -0.346 e. The summed E-state index contributed by atoms with van der Waals surface area (Å²) in [7, 11) is 0. The van der Waals surface area contributed by atoms with E-state index < -0.39 is 0 Å². The molecule has 0 atom stereocenters. The smallest absolute Gasteiger partial charge is 0.174 e. The first kappa shape index (κ1) is 22.4. The van der Waals surface area contributed by atoms with Crippen LogP contribution in [0.15, 0.2) is 54.7 Å². The lowest BCUT2D eigenvalue weighted by atomic mass is 10.2. The Morgan fingerprint density at radius 1 is 0.903 bits per heavy atom. The van der Waals surface area contributed by atoms with Crippen LogP contribution in [0.2, 0.25) is 15.1 Å². The second-order valence-electron chi connectivity index (χ2n) is 7.42. The number of benzene rings is 2. The van der Waals surface area contributed by atoms with Gasteiger partial charge in [0.15, 0.2) is 10.9 Å². The van der Waals surface area contributed by atoms with Gasteiger partial charge in [0.25, 0.3) is 0 Å². The largest absolute Gasteiger partial charge is 0.346 e. The first-order valence-electron chi connectivity index (χ1n) is 9.97. The summed E-state index contributed by atoms with van der Waals surface area (Å²) in [6.07, 6.45) is 1.88. The summed E-state index contributed by atoms with van der Waals surface area (Å²) in [5.74, 6) is 0.705. The van der Waals surface area contributed by atoms with Crippen molar-refractivity contribution in [3.05, 3.63) is 80.9 Å². The maximum absolute atomic E-state index is 6.26. The van der Waals surface area contributed by atoms with Crippen molar-refractivity contribution < 1.29 is 0 Å². The summed E-state index contributed by atoms with van der Waals surface area (Å²) in [5, 5.41) is 10.5. The molecule has 1 N–H and O–H groups in total. The number of nitrogens with one attached hydrogen (secondary N) is 1. The third kappa shape index (κ3) is 5.90. The van der Waals surface area contributed by atoms with Crippen LogP contribution in [0.5, 0.6) is 0 Å². The van der Waals surface area contributed by atoms with Crippen molar-refractivity contribution in [3.8, 4) is 0 Å². The molecular weight excluding hydrogens is 473 g/mol. The highest BCUT2D eigenvalue weighted by molar-refractivity contribution is 7.80. The Hall–Kier alpha value is -1.83. The molecule has 0 aliphatic carbocycles. The summed E-state index contributed by atoms with van der Waals surface area (Å²) >= 11 is 24.1. The van der Waals surface area contributed by atoms with E-state index in [1.165, 1.54) is 5.56 Å². The van der Waals surface area contributed by atoms with Crippen LogP contribution < -0.4 is 5.32 Å². The number of nitrogens with zero attached hydrogens (tertiary/aromatic N) is 4. The Bertz CT molecular complexity index is 1030. The number of piperazine rings is 1. The molecule has 0 bridgehead atoms. The van der Waals surface area contributed by atoms with E-state index >= 15 is 0 Å². The van der Waals surface area contributed by atoms with Crippen LogP contribution in [0, 0.1) is 0 Å².